The molecule has 2 atom stereocenters. The van der Waals surface area contributed by atoms with Crippen LogP contribution >= 0.6 is 0 Å². The molecule has 3 aliphatic rings. The normalized spacial score (nSPS) is 27.3. The number of imide groups is 1. The van der Waals surface area contributed by atoms with Crippen LogP contribution in [0.3, 0.4) is 0 Å². The molecule has 2 heterocycles. The third-order valence-corrected chi connectivity index (χ3v) is 5.31. The minimum absolute atomic E-state index is 0.0448. The third kappa shape index (κ3) is 2.53. The number of benzene rings is 1. The molecule has 1 aliphatic carbocycles. The second-order valence-corrected chi connectivity index (χ2v) is 6.83. The number of ether oxygens (including phenoxy) is 1. The van der Waals surface area contributed by atoms with E-state index >= 15 is 0 Å². The monoisotopic (exact) mass is 326 g/mol. The Balaban J connectivity index is 1.55. The molecule has 2 fully saturated rings. The SMILES string of the molecule is CC1=CC[C@@H]2C(=O)N(c3ccc(N4CCOCC4)cc3)C(=O)[C@H]2C1. The van der Waals surface area contributed by atoms with Gasteiger partial charge in [-0.05, 0) is 44.0 Å². The molecule has 24 heavy (non-hydrogen) atoms. The summed E-state index contributed by atoms with van der Waals surface area (Å²) in [4.78, 5) is 29.1. The summed E-state index contributed by atoms with van der Waals surface area (Å²) in [5, 5.41) is 0. The largest absolute Gasteiger partial charge is 0.378 e. The summed E-state index contributed by atoms with van der Waals surface area (Å²) >= 11 is 0. The molecule has 0 aromatic heterocycles. The van der Waals surface area contributed by atoms with Crippen LogP contribution in [-0.4, -0.2) is 38.1 Å². The number of carbonyl (C=O) groups is 2. The van der Waals surface area contributed by atoms with Gasteiger partial charge in [0.15, 0.2) is 0 Å². The van der Waals surface area contributed by atoms with Crippen molar-refractivity contribution in [3.63, 3.8) is 0 Å². The van der Waals surface area contributed by atoms with E-state index in [4.69, 9.17) is 4.74 Å². The Bertz CT molecular complexity index is 689. The molecule has 0 bridgehead atoms. The predicted octanol–water partition coefficient (Wildman–Crippen LogP) is 2.37. The Morgan fingerprint density at radius 1 is 0.958 bits per heavy atom. The highest BCUT2D eigenvalue weighted by Gasteiger charge is 2.48. The lowest BCUT2D eigenvalue weighted by Crippen LogP contribution is -2.36. The predicted molar refractivity (Wildman–Crippen MR) is 91.9 cm³/mol. The fourth-order valence-electron chi connectivity index (χ4n) is 3.93. The number of fused-ring (bicyclic) bond motifs is 1. The number of anilines is 2. The summed E-state index contributed by atoms with van der Waals surface area (Å²) in [6.07, 6.45) is 3.48. The van der Waals surface area contributed by atoms with E-state index in [2.05, 4.69) is 11.0 Å². The van der Waals surface area contributed by atoms with Gasteiger partial charge in [0.05, 0.1) is 30.7 Å². The Morgan fingerprint density at radius 2 is 1.58 bits per heavy atom. The van der Waals surface area contributed by atoms with Crippen LogP contribution in [0.4, 0.5) is 11.4 Å². The molecule has 0 N–H and O–H groups in total. The molecule has 0 spiro atoms. The Hall–Kier alpha value is -2.14. The van der Waals surface area contributed by atoms with E-state index in [0.717, 1.165) is 32.0 Å². The van der Waals surface area contributed by atoms with Crippen molar-refractivity contribution in [2.45, 2.75) is 19.8 Å². The molecule has 2 amide bonds. The van der Waals surface area contributed by atoms with Gasteiger partial charge in [0, 0.05) is 18.8 Å². The van der Waals surface area contributed by atoms with Crippen LogP contribution in [0.1, 0.15) is 19.8 Å². The lowest BCUT2D eigenvalue weighted by atomic mass is 9.82. The van der Waals surface area contributed by atoms with Gasteiger partial charge in [0.25, 0.3) is 0 Å². The van der Waals surface area contributed by atoms with Crippen molar-refractivity contribution < 1.29 is 14.3 Å². The average Bonchev–Trinajstić information content (AvgIpc) is 2.86. The number of hydrogen-bond donors (Lipinski definition) is 0. The van der Waals surface area contributed by atoms with Gasteiger partial charge in [-0.3, -0.25) is 14.5 Å². The fourth-order valence-corrected chi connectivity index (χ4v) is 3.93. The van der Waals surface area contributed by atoms with Crippen LogP contribution in [0.15, 0.2) is 35.9 Å². The number of rotatable bonds is 2. The highest BCUT2D eigenvalue weighted by molar-refractivity contribution is 6.22. The molecule has 2 saturated heterocycles. The first kappa shape index (κ1) is 15.4. The van der Waals surface area contributed by atoms with E-state index < -0.39 is 0 Å². The van der Waals surface area contributed by atoms with Crippen LogP contribution < -0.4 is 9.80 Å². The zero-order valence-corrected chi connectivity index (χ0v) is 13.9. The minimum atomic E-state index is -0.180. The highest BCUT2D eigenvalue weighted by atomic mass is 16.5. The van der Waals surface area contributed by atoms with Gasteiger partial charge in [-0.15, -0.1) is 0 Å². The average molecular weight is 326 g/mol. The molecule has 5 heteroatoms. The zero-order chi connectivity index (χ0) is 16.7. The van der Waals surface area contributed by atoms with Crippen molar-refractivity contribution in [2.24, 2.45) is 11.8 Å². The summed E-state index contributed by atoms with van der Waals surface area (Å²) in [6.45, 7) is 5.25. The van der Waals surface area contributed by atoms with Gasteiger partial charge < -0.3 is 9.64 Å². The summed E-state index contributed by atoms with van der Waals surface area (Å²) in [6, 6.07) is 7.76. The smallest absolute Gasteiger partial charge is 0.238 e. The van der Waals surface area contributed by atoms with E-state index in [1.807, 2.05) is 31.2 Å². The zero-order valence-electron chi connectivity index (χ0n) is 13.9. The van der Waals surface area contributed by atoms with Gasteiger partial charge in [0.2, 0.25) is 11.8 Å². The Kier molecular flexibility index (Phi) is 3.88. The minimum Gasteiger partial charge on any atom is -0.378 e. The summed E-state index contributed by atoms with van der Waals surface area (Å²) in [5.74, 6) is -0.453. The topological polar surface area (TPSA) is 49.9 Å². The van der Waals surface area contributed by atoms with Crippen molar-refractivity contribution in [3.8, 4) is 0 Å². The van der Waals surface area contributed by atoms with E-state index in [9.17, 15) is 9.59 Å². The van der Waals surface area contributed by atoms with Gasteiger partial charge in [-0.1, -0.05) is 11.6 Å². The summed E-state index contributed by atoms with van der Waals surface area (Å²) < 4.78 is 5.37. The molecule has 2 aliphatic heterocycles. The third-order valence-electron chi connectivity index (χ3n) is 5.31. The Morgan fingerprint density at radius 3 is 2.29 bits per heavy atom. The van der Waals surface area contributed by atoms with Crippen molar-refractivity contribution in [3.05, 3.63) is 35.9 Å². The van der Waals surface area contributed by atoms with Gasteiger partial charge in [-0.25, -0.2) is 0 Å². The number of nitrogens with zero attached hydrogens (tertiary/aromatic N) is 2. The first-order valence-electron chi connectivity index (χ1n) is 8.61. The van der Waals surface area contributed by atoms with Crippen LogP contribution in [0.2, 0.25) is 0 Å². The van der Waals surface area contributed by atoms with E-state index in [1.54, 1.807) is 0 Å². The van der Waals surface area contributed by atoms with Crippen molar-refractivity contribution >= 4 is 23.2 Å². The highest BCUT2D eigenvalue weighted by Crippen LogP contribution is 2.40. The van der Waals surface area contributed by atoms with E-state index in [0.29, 0.717) is 18.5 Å². The molecule has 126 valence electrons. The molecule has 0 saturated carbocycles. The molecule has 1 aromatic rings. The van der Waals surface area contributed by atoms with Crippen LogP contribution in [0, 0.1) is 11.8 Å². The molecule has 5 nitrogen and oxygen atoms in total. The van der Waals surface area contributed by atoms with Gasteiger partial charge in [-0.2, -0.15) is 0 Å². The fraction of sp³-hybridized carbons (Fsp3) is 0.474. The van der Waals surface area contributed by atoms with Crippen LogP contribution in [-0.2, 0) is 14.3 Å². The molecule has 1 aromatic carbocycles. The standard InChI is InChI=1S/C19H22N2O3/c1-13-2-7-16-17(12-13)19(23)21(18(16)22)15-5-3-14(4-6-15)20-8-10-24-11-9-20/h2-6,16-17H,7-12H2,1H3/t16-,17-/m0/s1. The summed E-state index contributed by atoms with van der Waals surface area (Å²) in [5.41, 5.74) is 3.01. The number of morpholine rings is 1. The molecule has 0 radical (unpaired) electrons. The van der Waals surface area contributed by atoms with Gasteiger partial charge >= 0.3 is 0 Å². The lowest BCUT2D eigenvalue weighted by Gasteiger charge is -2.29. The number of hydrogen-bond acceptors (Lipinski definition) is 4. The van der Waals surface area contributed by atoms with Crippen molar-refractivity contribution in [1.29, 1.82) is 0 Å². The first-order valence-corrected chi connectivity index (χ1v) is 8.61. The second-order valence-electron chi connectivity index (χ2n) is 6.83. The van der Waals surface area contributed by atoms with Crippen LogP contribution in [0.5, 0.6) is 0 Å². The molecular weight excluding hydrogens is 304 g/mol. The quantitative estimate of drug-likeness (QED) is 0.618. The molecule has 4 rings (SSSR count). The van der Waals surface area contributed by atoms with Crippen molar-refractivity contribution in [1.82, 2.24) is 0 Å². The molecule has 0 unspecified atom stereocenters. The number of allylic oxidation sites excluding steroid dienone is 2. The van der Waals surface area contributed by atoms with Crippen LogP contribution in [0.25, 0.3) is 0 Å². The summed E-state index contributed by atoms with van der Waals surface area (Å²) in [7, 11) is 0. The second kappa shape index (κ2) is 6.06. The molecular formula is C19H22N2O3. The van der Waals surface area contributed by atoms with E-state index in [-0.39, 0.29) is 23.7 Å². The van der Waals surface area contributed by atoms with Crippen molar-refractivity contribution in [2.75, 3.05) is 36.1 Å². The lowest BCUT2D eigenvalue weighted by molar-refractivity contribution is -0.122. The van der Waals surface area contributed by atoms with Gasteiger partial charge in [0.1, 0.15) is 0 Å². The maximum atomic E-state index is 12.7. The maximum absolute atomic E-state index is 12.7. The number of amides is 2. The maximum Gasteiger partial charge on any atom is 0.238 e. The number of carbonyl (C=O) groups excluding carboxylic acids is 2. The van der Waals surface area contributed by atoms with E-state index in [1.165, 1.54) is 10.5 Å². The first-order chi connectivity index (χ1) is 11.6. The Labute approximate surface area is 141 Å².